The number of nitro groups is 1. The number of anilines is 5. The van der Waals surface area contributed by atoms with Gasteiger partial charge < -0.3 is 20.2 Å². The van der Waals surface area contributed by atoms with Gasteiger partial charge in [-0.25, -0.2) is 10.2 Å². The summed E-state index contributed by atoms with van der Waals surface area (Å²) in [6, 6.07) is 24.9. The maximum atomic E-state index is 11.1. The lowest BCUT2D eigenvalue weighted by Crippen LogP contribution is -2.07. The predicted molar refractivity (Wildman–Crippen MR) is 148 cm³/mol. The number of nitro benzene ring substituents is 1. The molecule has 3 aromatic carbocycles. The topological polar surface area (TPSA) is 181 Å². The van der Waals surface area contributed by atoms with E-state index >= 15 is 0 Å². The molecule has 0 amide bonds. The molecule has 0 saturated carbocycles. The predicted octanol–water partition coefficient (Wildman–Crippen LogP) is 5.67. The fraction of sp³-hybridized carbons (Fsp3) is 0. The van der Waals surface area contributed by atoms with Gasteiger partial charge in [0, 0.05) is 29.1 Å². The summed E-state index contributed by atoms with van der Waals surface area (Å²) in [5.74, 6) is 0.494. The molecule has 5 aromatic rings. The molecule has 0 spiro atoms. The molecule has 2 heterocycles. The van der Waals surface area contributed by atoms with Crippen molar-refractivity contribution in [1.29, 1.82) is 0 Å². The van der Waals surface area contributed by atoms with Crippen molar-refractivity contribution in [2.45, 2.75) is 0 Å². The van der Waals surface area contributed by atoms with E-state index in [0.29, 0.717) is 22.8 Å². The van der Waals surface area contributed by atoms with Crippen LogP contribution < -0.4 is 16.1 Å². The van der Waals surface area contributed by atoms with Gasteiger partial charge in [-0.3, -0.25) is 10.1 Å². The van der Waals surface area contributed by atoms with Crippen molar-refractivity contribution in [2.75, 3.05) is 16.1 Å². The number of aromatic carboxylic acids is 1. The largest absolute Gasteiger partial charge is 0.478 e. The quantitative estimate of drug-likeness (QED) is 0.0980. The third kappa shape index (κ3) is 6.41. The lowest BCUT2D eigenvalue weighted by Gasteiger charge is -2.10. The molecule has 40 heavy (non-hydrogen) atoms. The number of carbonyl (C=O) groups is 1. The lowest BCUT2D eigenvalue weighted by atomic mass is 10.1. The van der Waals surface area contributed by atoms with Gasteiger partial charge in [0.05, 0.1) is 16.7 Å². The number of hydrogen-bond donors (Lipinski definition) is 4. The van der Waals surface area contributed by atoms with Gasteiger partial charge >= 0.3 is 5.97 Å². The minimum absolute atomic E-state index is 0.0392. The van der Waals surface area contributed by atoms with Gasteiger partial charge in [0.25, 0.3) is 5.69 Å². The van der Waals surface area contributed by atoms with E-state index < -0.39 is 10.9 Å². The van der Waals surface area contributed by atoms with Crippen LogP contribution in [0.3, 0.4) is 0 Å². The van der Waals surface area contributed by atoms with Gasteiger partial charge in [-0.15, -0.1) is 0 Å². The molecule has 198 valence electrons. The summed E-state index contributed by atoms with van der Waals surface area (Å²) in [5.41, 5.74) is 4.90. The SMILES string of the molecule is O=C(O)c1ccc(-c2ccc(/C=N/Nc3nc(Nc4ccccc4)nc(Nc4ccc([N+](=O)[O-])cc4)n3)o2)cc1. The Balaban J connectivity index is 1.33. The molecule has 4 N–H and O–H groups in total. The zero-order valence-electron chi connectivity index (χ0n) is 20.6. The Morgan fingerprint density at radius 2 is 1.45 bits per heavy atom. The third-order valence-electron chi connectivity index (χ3n) is 5.40. The lowest BCUT2D eigenvalue weighted by molar-refractivity contribution is -0.384. The molecule has 0 unspecified atom stereocenters. The van der Waals surface area contributed by atoms with E-state index in [-0.39, 0.29) is 29.1 Å². The molecule has 13 heteroatoms. The molecule has 0 saturated heterocycles. The van der Waals surface area contributed by atoms with Crippen LogP contribution in [0.25, 0.3) is 11.3 Å². The maximum absolute atomic E-state index is 11.1. The molecule has 0 aliphatic heterocycles. The summed E-state index contributed by atoms with van der Waals surface area (Å²) in [7, 11) is 0. The van der Waals surface area contributed by atoms with E-state index in [2.05, 4.69) is 36.1 Å². The number of nitrogens with zero attached hydrogens (tertiary/aromatic N) is 5. The maximum Gasteiger partial charge on any atom is 0.335 e. The molecule has 0 aliphatic rings. The van der Waals surface area contributed by atoms with Crippen molar-refractivity contribution in [3.63, 3.8) is 0 Å². The van der Waals surface area contributed by atoms with Crippen molar-refractivity contribution in [3.05, 3.63) is 112 Å². The van der Waals surface area contributed by atoms with E-state index in [0.717, 1.165) is 5.69 Å². The monoisotopic (exact) mass is 536 g/mol. The number of rotatable bonds is 10. The minimum atomic E-state index is -1.00. The second-order valence-corrected chi connectivity index (χ2v) is 8.18. The zero-order valence-corrected chi connectivity index (χ0v) is 20.6. The number of carboxylic acid groups (broad SMARTS) is 1. The first kappa shape index (κ1) is 25.5. The first-order chi connectivity index (χ1) is 19.4. The van der Waals surface area contributed by atoms with Crippen LogP contribution in [0.2, 0.25) is 0 Å². The van der Waals surface area contributed by atoms with Crippen LogP contribution >= 0.6 is 0 Å². The van der Waals surface area contributed by atoms with Crippen molar-refractivity contribution in [2.24, 2.45) is 5.10 Å². The Kier molecular flexibility index (Phi) is 7.35. The Bertz CT molecular complexity index is 1670. The van der Waals surface area contributed by atoms with Crippen molar-refractivity contribution >= 4 is 47.1 Å². The third-order valence-corrected chi connectivity index (χ3v) is 5.40. The summed E-state index contributed by atoms with van der Waals surface area (Å²) in [6.45, 7) is 0. The second-order valence-electron chi connectivity index (χ2n) is 8.18. The highest BCUT2D eigenvalue weighted by molar-refractivity contribution is 5.88. The summed E-state index contributed by atoms with van der Waals surface area (Å²) in [5, 5.41) is 30.3. The molecular weight excluding hydrogens is 516 g/mol. The Morgan fingerprint density at radius 3 is 2.08 bits per heavy atom. The van der Waals surface area contributed by atoms with E-state index in [4.69, 9.17) is 9.52 Å². The van der Waals surface area contributed by atoms with E-state index in [9.17, 15) is 14.9 Å². The second kappa shape index (κ2) is 11.5. The first-order valence-electron chi connectivity index (χ1n) is 11.8. The summed E-state index contributed by atoms with van der Waals surface area (Å²) in [4.78, 5) is 34.6. The van der Waals surface area contributed by atoms with Crippen LogP contribution in [-0.4, -0.2) is 37.2 Å². The number of furan rings is 1. The molecule has 0 fully saturated rings. The molecule has 0 atom stereocenters. The fourth-order valence-corrected chi connectivity index (χ4v) is 3.49. The summed E-state index contributed by atoms with van der Waals surface area (Å²) >= 11 is 0. The normalized spacial score (nSPS) is 10.8. The van der Waals surface area contributed by atoms with Crippen LogP contribution in [0, 0.1) is 10.1 Å². The van der Waals surface area contributed by atoms with Crippen LogP contribution in [0.4, 0.5) is 34.9 Å². The Labute approximate surface area is 226 Å². The van der Waals surface area contributed by atoms with Crippen LogP contribution in [-0.2, 0) is 0 Å². The van der Waals surface area contributed by atoms with Gasteiger partial charge in [0.2, 0.25) is 17.8 Å². The highest BCUT2D eigenvalue weighted by Crippen LogP contribution is 2.23. The van der Waals surface area contributed by atoms with Crippen LogP contribution in [0.1, 0.15) is 16.1 Å². The number of hydrogen-bond acceptors (Lipinski definition) is 11. The van der Waals surface area contributed by atoms with E-state index in [1.54, 1.807) is 36.4 Å². The molecule has 13 nitrogen and oxygen atoms in total. The number of benzene rings is 3. The van der Waals surface area contributed by atoms with E-state index in [1.165, 1.54) is 30.5 Å². The fourth-order valence-electron chi connectivity index (χ4n) is 3.49. The number of para-hydroxylation sites is 1. The molecule has 0 radical (unpaired) electrons. The summed E-state index contributed by atoms with van der Waals surface area (Å²) in [6.07, 6.45) is 1.44. The number of nitrogens with one attached hydrogen (secondary N) is 3. The number of non-ortho nitro benzene ring substituents is 1. The van der Waals surface area contributed by atoms with Crippen molar-refractivity contribution < 1.29 is 19.2 Å². The summed E-state index contributed by atoms with van der Waals surface area (Å²) < 4.78 is 5.78. The average Bonchev–Trinajstić information content (AvgIpc) is 3.43. The average molecular weight is 537 g/mol. The number of carboxylic acids is 1. The van der Waals surface area contributed by atoms with Gasteiger partial charge in [0.1, 0.15) is 11.5 Å². The van der Waals surface area contributed by atoms with Gasteiger partial charge in [0.15, 0.2) is 0 Å². The molecule has 0 aliphatic carbocycles. The molecule has 0 bridgehead atoms. The number of aromatic nitrogens is 3. The Morgan fingerprint density at radius 1 is 0.825 bits per heavy atom. The standard InChI is InChI=1S/C27H20N8O5/c36-24(37)18-8-6-17(7-9-18)23-15-14-22(40-23)16-28-34-27-32-25(29-19-4-2-1-3-5-19)31-26(33-27)30-20-10-12-21(13-11-20)35(38)39/h1-16H,(H,36,37)(H3,29,30,31,32,33,34)/b28-16+. The molecule has 2 aromatic heterocycles. The van der Waals surface area contributed by atoms with Gasteiger partial charge in [-0.1, -0.05) is 30.3 Å². The van der Waals surface area contributed by atoms with Crippen LogP contribution in [0.15, 0.2) is 101 Å². The van der Waals surface area contributed by atoms with Crippen molar-refractivity contribution in [3.8, 4) is 11.3 Å². The van der Waals surface area contributed by atoms with Gasteiger partial charge in [-0.2, -0.15) is 20.1 Å². The van der Waals surface area contributed by atoms with Crippen LogP contribution in [0.5, 0.6) is 0 Å². The molecule has 5 rings (SSSR count). The minimum Gasteiger partial charge on any atom is -0.478 e. The first-order valence-corrected chi connectivity index (χ1v) is 11.8. The number of hydrazone groups is 1. The van der Waals surface area contributed by atoms with E-state index in [1.807, 2.05) is 30.3 Å². The Hall–Kier alpha value is -6.11. The smallest absolute Gasteiger partial charge is 0.335 e. The zero-order chi connectivity index (χ0) is 27.9. The highest BCUT2D eigenvalue weighted by Gasteiger charge is 2.10. The van der Waals surface area contributed by atoms with Gasteiger partial charge in [-0.05, 0) is 48.5 Å². The highest BCUT2D eigenvalue weighted by atomic mass is 16.6. The van der Waals surface area contributed by atoms with Crippen molar-refractivity contribution in [1.82, 2.24) is 15.0 Å². The molecular formula is C27H20N8O5.